The highest BCUT2D eigenvalue weighted by Gasteiger charge is 2.14. The zero-order chi connectivity index (χ0) is 14.8. The molecule has 0 aromatic carbocycles. The molecule has 0 amide bonds. The van der Waals surface area contributed by atoms with Gasteiger partial charge in [0.2, 0.25) is 15.0 Å². The monoisotopic (exact) mass is 313 g/mol. The van der Waals surface area contributed by atoms with Gasteiger partial charge in [0.05, 0.1) is 5.69 Å². The average Bonchev–Trinajstić information content (AvgIpc) is 2.75. The number of aromatic amines is 1. The van der Waals surface area contributed by atoms with Gasteiger partial charge in [-0.1, -0.05) is 17.7 Å². The maximum absolute atomic E-state index is 11.4. The zero-order valence-corrected chi connectivity index (χ0v) is 12.3. The normalized spacial score (nSPS) is 11.9. The molecule has 0 atom stereocenters. The fraction of sp³-hybridized carbons (Fsp3) is 0.182. The van der Waals surface area contributed by atoms with Crippen molar-refractivity contribution >= 4 is 39.1 Å². The first-order valence-electron chi connectivity index (χ1n) is 5.58. The van der Waals surface area contributed by atoms with Gasteiger partial charge in [-0.25, -0.2) is 18.4 Å². The van der Waals surface area contributed by atoms with E-state index in [1.54, 1.807) is 6.07 Å². The quantitative estimate of drug-likeness (QED) is 0.661. The van der Waals surface area contributed by atoms with Crippen LogP contribution in [0.25, 0.3) is 6.08 Å². The van der Waals surface area contributed by atoms with Crippen LogP contribution in [0.15, 0.2) is 23.4 Å². The summed E-state index contributed by atoms with van der Waals surface area (Å²) in [5, 5.41) is 9.36. The van der Waals surface area contributed by atoms with Gasteiger partial charge in [-0.3, -0.25) is 5.10 Å². The fourth-order valence-electron chi connectivity index (χ4n) is 1.42. The molecule has 106 valence electrons. The second kappa shape index (κ2) is 5.59. The number of rotatable bonds is 4. The second-order valence-electron chi connectivity index (χ2n) is 3.96. The molecule has 0 bridgehead atoms. The minimum atomic E-state index is -3.53. The van der Waals surface area contributed by atoms with Crippen LogP contribution in [0.1, 0.15) is 12.6 Å². The lowest BCUT2D eigenvalue weighted by atomic mass is 10.4. The van der Waals surface area contributed by atoms with Gasteiger partial charge in [0, 0.05) is 18.4 Å². The molecule has 7 nitrogen and oxygen atoms in total. The van der Waals surface area contributed by atoms with Crippen LogP contribution >= 0.6 is 11.6 Å². The lowest BCUT2D eigenvalue weighted by molar-refractivity contribution is 0.593. The second-order valence-corrected chi connectivity index (χ2v) is 6.26. The molecule has 20 heavy (non-hydrogen) atoms. The first-order valence-corrected chi connectivity index (χ1v) is 7.85. The number of nitrogens with one attached hydrogen (secondary N) is 2. The lowest BCUT2D eigenvalue weighted by Gasteiger charge is -2.04. The third kappa shape index (κ3) is 3.55. The Bertz CT molecular complexity index is 754. The largest absolute Gasteiger partial charge is 0.323 e. The molecule has 9 heteroatoms. The summed E-state index contributed by atoms with van der Waals surface area (Å²) in [5.74, 6) is 0.747. The van der Waals surface area contributed by atoms with E-state index in [1.807, 2.05) is 19.1 Å². The van der Waals surface area contributed by atoms with Gasteiger partial charge >= 0.3 is 0 Å². The average molecular weight is 314 g/mol. The number of hydrogen-bond acceptors (Lipinski definition) is 6. The third-order valence-electron chi connectivity index (χ3n) is 2.21. The van der Waals surface area contributed by atoms with Crippen LogP contribution in [-0.2, 0) is 9.84 Å². The highest BCUT2D eigenvalue weighted by molar-refractivity contribution is 7.90. The minimum Gasteiger partial charge on any atom is -0.323 e. The predicted octanol–water partition coefficient (Wildman–Crippen LogP) is 2.03. The van der Waals surface area contributed by atoms with Crippen molar-refractivity contribution < 1.29 is 8.42 Å². The Balaban J connectivity index is 2.31. The summed E-state index contributed by atoms with van der Waals surface area (Å²) in [7, 11) is -3.53. The summed E-state index contributed by atoms with van der Waals surface area (Å²) in [6.45, 7) is 1.89. The predicted molar refractivity (Wildman–Crippen MR) is 76.7 cm³/mol. The number of hydrogen-bond donors (Lipinski definition) is 2. The number of allylic oxidation sites excluding steroid dienone is 1. The molecule has 2 aromatic rings. The number of H-pyrrole nitrogens is 1. The molecule has 0 aliphatic rings. The molecule has 0 spiro atoms. The van der Waals surface area contributed by atoms with Crippen LogP contribution in [0, 0.1) is 0 Å². The molecule has 0 fully saturated rings. The van der Waals surface area contributed by atoms with Crippen LogP contribution < -0.4 is 5.32 Å². The van der Waals surface area contributed by atoms with Crippen molar-refractivity contribution in [1.29, 1.82) is 0 Å². The van der Waals surface area contributed by atoms with Gasteiger partial charge in [0.1, 0.15) is 11.0 Å². The van der Waals surface area contributed by atoms with Gasteiger partial charge < -0.3 is 5.32 Å². The zero-order valence-electron chi connectivity index (χ0n) is 10.8. The number of nitrogens with zero attached hydrogens (tertiary/aromatic N) is 3. The molecule has 2 rings (SSSR count). The van der Waals surface area contributed by atoms with Crippen LogP contribution in [0.4, 0.5) is 11.6 Å². The van der Waals surface area contributed by atoms with Crippen molar-refractivity contribution in [3.05, 3.63) is 29.1 Å². The summed E-state index contributed by atoms with van der Waals surface area (Å²) in [4.78, 5) is 7.56. The fourth-order valence-corrected chi connectivity index (χ4v) is 2.19. The maximum atomic E-state index is 11.4. The summed E-state index contributed by atoms with van der Waals surface area (Å²) in [5.41, 5.74) is 0.804. The molecule has 0 aliphatic carbocycles. The summed E-state index contributed by atoms with van der Waals surface area (Å²) in [6.07, 6.45) is 4.72. The Morgan fingerprint density at radius 1 is 1.30 bits per heavy atom. The molecule has 2 aromatic heterocycles. The van der Waals surface area contributed by atoms with Gasteiger partial charge in [-0.05, 0) is 13.0 Å². The van der Waals surface area contributed by atoms with Crippen molar-refractivity contribution in [3.8, 4) is 0 Å². The molecule has 2 N–H and O–H groups in total. The van der Waals surface area contributed by atoms with Crippen LogP contribution in [-0.4, -0.2) is 34.8 Å². The van der Waals surface area contributed by atoms with Gasteiger partial charge in [-0.15, -0.1) is 0 Å². The SMILES string of the molecule is C/C=C/c1cc(Nc2cc(Cl)nc(S(C)(=O)=O)n2)n[nH]1. The molecule has 0 radical (unpaired) electrons. The van der Waals surface area contributed by atoms with Gasteiger partial charge in [-0.2, -0.15) is 5.10 Å². The standard InChI is InChI=1S/C11H12ClN5O2S/c1-3-4-7-5-10(17-16-7)14-9-6-8(12)13-11(15-9)20(2,18)19/h3-6H,1-2H3,(H2,13,14,15,16,17)/b4-3+. The van der Waals surface area contributed by atoms with E-state index in [4.69, 9.17) is 11.6 Å². The third-order valence-corrected chi connectivity index (χ3v) is 3.25. The van der Waals surface area contributed by atoms with E-state index >= 15 is 0 Å². The van der Waals surface area contributed by atoms with Crippen LogP contribution in [0.5, 0.6) is 0 Å². The topological polar surface area (TPSA) is 101 Å². The van der Waals surface area contributed by atoms with Crippen molar-refractivity contribution in [3.63, 3.8) is 0 Å². The number of halogens is 1. The molecule has 0 aliphatic heterocycles. The van der Waals surface area contributed by atoms with Crippen molar-refractivity contribution in [2.24, 2.45) is 0 Å². The highest BCUT2D eigenvalue weighted by Crippen LogP contribution is 2.18. The van der Waals surface area contributed by atoms with Gasteiger partial charge in [0.15, 0.2) is 5.82 Å². The highest BCUT2D eigenvalue weighted by atomic mass is 35.5. The number of aromatic nitrogens is 4. The molecular formula is C11H12ClN5O2S. The Morgan fingerprint density at radius 2 is 2.05 bits per heavy atom. The van der Waals surface area contributed by atoms with E-state index in [0.717, 1.165) is 11.9 Å². The Labute approximate surface area is 121 Å². The van der Waals surface area contributed by atoms with E-state index in [-0.39, 0.29) is 16.1 Å². The van der Waals surface area contributed by atoms with Crippen LogP contribution in [0.2, 0.25) is 5.15 Å². The van der Waals surface area contributed by atoms with Crippen molar-refractivity contribution in [1.82, 2.24) is 20.2 Å². The maximum Gasteiger partial charge on any atom is 0.250 e. The first kappa shape index (κ1) is 14.5. The smallest absolute Gasteiger partial charge is 0.250 e. The molecule has 0 unspecified atom stereocenters. The summed E-state index contributed by atoms with van der Waals surface area (Å²) in [6, 6.07) is 3.16. The molecule has 0 saturated carbocycles. The lowest BCUT2D eigenvalue weighted by Crippen LogP contribution is -2.06. The van der Waals surface area contributed by atoms with E-state index in [2.05, 4.69) is 25.5 Å². The van der Waals surface area contributed by atoms with Crippen molar-refractivity contribution in [2.75, 3.05) is 11.6 Å². The Kier molecular flexibility index (Phi) is 4.05. The number of anilines is 2. The summed E-state index contributed by atoms with van der Waals surface area (Å²) < 4.78 is 22.9. The van der Waals surface area contributed by atoms with E-state index in [1.165, 1.54) is 6.07 Å². The van der Waals surface area contributed by atoms with E-state index in [0.29, 0.717) is 5.82 Å². The Morgan fingerprint density at radius 3 is 2.70 bits per heavy atom. The van der Waals surface area contributed by atoms with Crippen molar-refractivity contribution in [2.45, 2.75) is 12.1 Å². The molecule has 0 saturated heterocycles. The van der Waals surface area contributed by atoms with E-state index in [9.17, 15) is 8.42 Å². The summed E-state index contributed by atoms with van der Waals surface area (Å²) >= 11 is 5.78. The van der Waals surface area contributed by atoms with E-state index < -0.39 is 9.84 Å². The van der Waals surface area contributed by atoms with Crippen LogP contribution in [0.3, 0.4) is 0 Å². The Hall–Kier alpha value is -1.93. The minimum absolute atomic E-state index is 0.0344. The number of sulfone groups is 1. The van der Waals surface area contributed by atoms with Gasteiger partial charge in [0.25, 0.3) is 0 Å². The molecular weight excluding hydrogens is 302 g/mol. The molecule has 2 heterocycles. The first-order chi connectivity index (χ1) is 9.38.